The fourth-order valence-corrected chi connectivity index (χ4v) is 3.24. The maximum atomic E-state index is 12.2. The summed E-state index contributed by atoms with van der Waals surface area (Å²) in [5.41, 5.74) is 3.74. The number of esters is 1. The molecule has 5 heteroatoms. The van der Waals surface area contributed by atoms with Crippen LogP contribution in [0.25, 0.3) is 11.1 Å². The molecule has 0 atom stereocenters. The van der Waals surface area contributed by atoms with Crippen LogP contribution in [0.3, 0.4) is 0 Å². The first-order chi connectivity index (χ1) is 11.6. The van der Waals surface area contributed by atoms with Gasteiger partial charge in [-0.1, -0.05) is 11.6 Å². The van der Waals surface area contributed by atoms with Crippen molar-refractivity contribution >= 4 is 28.7 Å². The minimum absolute atomic E-state index is 0.183. The maximum Gasteiger partial charge on any atom is 0.340 e. The summed E-state index contributed by atoms with van der Waals surface area (Å²) >= 11 is 6.09. The second-order valence-corrected chi connectivity index (χ2v) is 6.03. The average Bonchev–Trinajstić information content (AvgIpc) is 3.06. The molecule has 4 nitrogen and oxygen atoms in total. The molecule has 0 saturated carbocycles. The van der Waals surface area contributed by atoms with E-state index in [2.05, 4.69) is 4.98 Å². The zero-order valence-electron chi connectivity index (χ0n) is 13.4. The number of halogens is 1. The van der Waals surface area contributed by atoms with Crippen LogP contribution in [0.15, 0.2) is 36.5 Å². The first kappa shape index (κ1) is 16.5. The summed E-state index contributed by atoms with van der Waals surface area (Å²) in [4.78, 5) is 16.6. The molecule has 1 N–H and O–H groups in total. The third-order valence-corrected chi connectivity index (χ3v) is 4.33. The Hall–Kier alpha value is -2.33. The Kier molecular flexibility index (Phi) is 4.86. The van der Waals surface area contributed by atoms with Gasteiger partial charge in [-0.2, -0.15) is 0 Å². The largest absolute Gasteiger partial charge is 0.507 e. The first-order valence-corrected chi connectivity index (χ1v) is 8.33. The molecule has 1 heterocycles. The van der Waals surface area contributed by atoms with Crippen molar-refractivity contribution in [2.24, 2.45) is 0 Å². The van der Waals surface area contributed by atoms with Gasteiger partial charge < -0.3 is 9.84 Å². The van der Waals surface area contributed by atoms with Crippen molar-refractivity contribution in [2.75, 3.05) is 6.61 Å². The van der Waals surface area contributed by atoms with Crippen LogP contribution in [0, 0.1) is 0 Å². The summed E-state index contributed by atoms with van der Waals surface area (Å²) in [6, 6.07) is 8.44. The van der Waals surface area contributed by atoms with E-state index in [1.807, 2.05) is 0 Å². The highest BCUT2D eigenvalue weighted by atomic mass is 35.5. The molecule has 0 radical (unpaired) electrons. The molecule has 2 aromatic rings. The number of hydrogen-bond donors (Lipinski definition) is 1. The summed E-state index contributed by atoms with van der Waals surface area (Å²) < 4.78 is 5.14. The Bertz CT molecular complexity index is 814. The van der Waals surface area contributed by atoms with Crippen LogP contribution < -0.4 is 0 Å². The summed E-state index contributed by atoms with van der Waals surface area (Å²) in [5.74, 6) is -0.197. The van der Waals surface area contributed by atoms with Crippen LogP contribution in [-0.4, -0.2) is 22.7 Å². The van der Waals surface area contributed by atoms with E-state index >= 15 is 0 Å². The van der Waals surface area contributed by atoms with Crippen molar-refractivity contribution in [1.29, 1.82) is 0 Å². The normalized spacial score (nSPS) is 14.1. The van der Waals surface area contributed by atoms with Gasteiger partial charge in [-0.25, -0.2) is 4.79 Å². The lowest BCUT2D eigenvalue weighted by Gasteiger charge is -2.12. The number of nitrogens with zero attached hydrogens (tertiary/aromatic N) is 1. The monoisotopic (exact) mass is 343 g/mol. The van der Waals surface area contributed by atoms with Gasteiger partial charge in [-0.3, -0.25) is 4.98 Å². The fraction of sp³-hybridized carbons (Fsp3) is 0.263. The van der Waals surface area contributed by atoms with E-state index < -0.39 is 0 Å². The molecule has 0 spiro atoms. The number of aromatic hydroxyl groups is 1. The van der Waals surface area contributed by atoms with Gasteiger partial charge in [-0.15, -0.1) is 0 Å². The van der Waals surface area contributed by atoms with Crippen LogP contribution in [0.4, 0.5) is 0 Å². The van der Waals surface area contributed by atoms with E-state index in [0.29, 0.717) is 28.5 Å². The Labute approximate surface area is 145 Å². The van der Waals surface area contributed by atoms with E-state index in [1.165, 1.54) is 0 Å². The number of aromatic nitrogens is 1. The van der Waals surface area contributed by atoms with Crippen LogP contribution in [0.2, 0.25) is 5.02 Å². The van der Waals surface area contributed by atoms with Crippen LogP contribution in [0.1, 0.15) is 47.8 Å². The summed E-state index contributed by atoms with van der Waals surface area (Å²) in [5, 5.41) is 10.8. The van der Waals surface area contributed by atoms with E-state index in [0.717, 1.165) is 30.4 Å². The number of allylic oxidation sites excluding steroid dienone is 2. The molecule has 0 bridgehead atoms. The van der Waals surface area contributed by atoms with Crippen molar-refractivity contribution < 1.29 is 14.6 Å². The number of carbonyl (C=O) groups excluding carboxylic acids is 1. The van der Waals surface area contributed by atoms with Crippen LogP contribution in [0.5, 0.6) is 5.75 Å². The third kappa shape index (κ3) is 3.15. The molecule has 0 saturated heterocycles. The molecular formula is C19H18ClNO3. The molecule has 0 unspecified atom stereocenters. The maximum absolute atomic E-state index is 12.2. The molecule has 0 amide bonds. The predicted molar refractivity (Wildman–Crippen MR) is 94.0 cm³/mol. The highest BCUT2D eigenvalue weighted by Gasteiger charge is 2.25. The fourth-order valence-electron chi connectivity index (χ4n) is 3.07. The lowest BCUT2D eigenvalue weighted by molar-refractivity contribution is 0.0525. The Balaban J connectivity index is 2.14. The molecule has 1 aliphatic rings. The van der Waals surface area contributed by atoms with Gasteiger partial charge in [0.2, 0.25) is 0 Å². The Morgan fingerprint density at radius 3 is 2.88 bits per heavy atom. The van der Waals surface area contributed by atoms with E-state index in [-0.39, 0.29) is 11.7 Å². The van der Waals surface area contributed by atoms with Crippen molar-refractivity contribution in [2.45, 2.75) is 26.2 Å². The highest BCUT2D eigenvalue weighted by molar-refractivity contribution is 6.30. The number of phenols is 1. The molecule has 124 valence electrons. The van der Waals surface area contributed by atoms with Crippen molar-refractivity contribution in [3.05, 3.63) is 58.4 Å². The summed E-state index contributed by atoms with van der Waals surface area (Å²) in [6.07, 6.45) is 4.21. The number of hydrogen-bond acceptors (Lipinski definition) is 4. The molecule has 1 aliphatic carbocycles. The third-order valence-electron chi connectivity index (χ3n) is 4.09. The van der Waals surface area contributed by atoms with Crippen molar-refractivity contribution in [1.82, 2.24) is 4.98 Å². The zero-order valence-corrected chi connectivity index (χ0v) is 14.1. The number of ether oxygens (including phenoxy) is 1. The average molecular weight is 344 g/mol. The SMILES string of the molecule is CCOC(=O)c1cccnc1C1=C(c2cc(Cl)ccc2O)CCC1. The zero-order chi connectivity index (χ0) is 17.1. The lowest BCUT2D eigenvalue weighted by Crippen LogP contribution is -2.09. The van der Waals surface area contributed by atoms with E-state index in [9.17, 15) is 9.90 Å². The molecule has 3 rings (SSSR count). The van der Waals surface area contributed by atoms with Gasteiger partial charge in [0.25, 0.3) is 0 Å². The van der Waals surface area contributed by atoms with Gasteiger partial charge in [0, 0.05) is 16.8 Å². The topological polar surface area (TPSA) is 59.4 Å². The standard InChI is InChI=1S/C19H18ClNO3/c1-2-24-19(23)15-7-4-10-21-18(15)14-6-3-5-13(14)16-11-12(20)8-9-17(16)22/h4,7-11,22H,2-3,5-6H2,1H3. The minimum atomic E-state index is -0.380. The molecule has 0 aliphatic heterocycles. The predicted octanol–water partition coefficient (Wildman–Crippen LogP) is 4.71. The van der Waals surface area contributed by atoms with Crippen molar-refractivity contribution in [3.8, 4) is 5.75 Å². The van der Waals surface area contributed by atoms with Gasteiger partial charge in [0.15, 0.2) is 0 Å². The quantitative estimate of drug-likeness (QED) is 0.816. The number of pyridine rings is 1. The highest BCUT2D eigenvalue weighted by Crippen LogP contribution is 2.43. The second-order valence-electron chi connectivity index (χ2n) is 5.59. The van der Waals surface area contributed by atoms with E-state index in [4.69, 9.17) is 16.3 Å². The van der Waals surface area contributed by atoms with Gasteiger partial charge >= 0.3 is 5.97 Å². The molecule has 1 aromatic carbocycles. The molecular weight excluding hydrogens is 326 g/mol. The Morgan fingerprint density at radius 1 is 1.29 bits per heavy atom. The minimum Gasteiger partial charge on any atom is -0.507 e. The smallest absolute Gasteiger partial charge is 0.340 e. The summed E-state index contributed by atoms with van der Waals surface area (Å²) in [7, 11) is 0. The van der Waals surface area contributed by atoms with E-state index in [1.54, 1.807) is 43.5 Å². The summed E-state index contributed by atoms with van der Waals surface area (Å²) in [6.45, 7) is 2.09. The number of benzene rings is 1. The first-order valence-electron chi connectivity index (χ1n) is 7.95. The molecule has 0 fully saturated rings. The Morgan fingerprint density at radius 2 is 2.08 bits per heavy atom. The second kappa shape index (κ2) is 7.05. The number of rotatable bonds is 4. The number of phenolic OH excluding ortho intramolecular Hbond substituents is 1. The van der Waals surface area contributed by atoms with Crippen LogP contribution in [-0.2, 0) is 4.74 Å². The lowest BCUT2D eigenvalue weighted by atomic mass is 9.97. The van der Waals surface area contributed by atoms with Gasteiger partial charge in [-0.05, 0) is 67.7 Å². The van der Waals surface area contributed by atoms with Crippen LogP contribution >= 0.6 is 11.6 Å². The number of carbonyl (C=O) groups is 1. The van der Waals surface area contributed by atoms with Gasteiger partial charge in [0.1, 0.15) is 5.75 Å². The molecule has 24 heavy (non-hydrogen) atoms. The van der Waals surface area contributed by atoms with Gasteiger partial charge in [0.05, 0.1) is 17.9 Å². The van der Waals surface area contributed by atoms with Crippen molar-refractivity contribution in [3.63, 3.8) is 0 Å². The molecule has 1 aromatic heterocycles.